The average molecular weight is 260 g/mol. The summed E-state index contributed by atoms with van der Waals surface area (Å²) in [4.78, 5) is 17.6. The smallest absolute Gasteiger partial charge is 0.293 e. The highest BCUT2D eigenvalue weighted by Crippen LogP contribution is 2.22. The van der Waals surface area contributed by atoms with Crippen LogP contribution in [0.4, 0.5) is 17.3 Å². The van der Waals surface area contributed by atoms with Crippen molar-refractivity contribution >= 4 is 23.2 Å². The number of nitrogens with two attached hydrogens (primary N) is 1. The molecule has 0 saturated carbocycles. The minimum atomic E-state index is -0.377. The highest BCUT2D eigenvalue weighted by atomic mass is 16.2. The molecule has 1 aromatic carbocycles. The molecular weight excluding hydrogens is 244 g/mol. The van der Waals surface area contributed by atoms with E-state index < -0.39 is 0 Å². The van der Waals surface area contributed by atoms with E-state index in [0.717, 1.165) is 11.3 Å². The number of hydrogen-bond donors (Lipinski definition) is 3. The fraction of sp³-hybridized carbons (Fsp3) is 0.250. The molecule has 1 heterocycles. The predicted octanol–water partition coefficient (Wildman–Crippen LogP) is 1.01. The van der Waals surface area contributed by atoms with Crippen molar-refractivity contribution in [3.05, 3.63) is 29.6 Å². The first kappa shape index (κ1) is 12.9. The quantitative estimate of drug-likeness (QED) is 0.765. The Morgan fingerprint density at radius 1 is 1.42 bits per heavy atom. The van der Waals surface area contributed by atoms with Gasteiger partial charge in [-0.3, -0.25) is 9.89 Å². The number of carbonyl (C=O) groups is 1. The van der Waals surface area contributed by atoms with Crippen LogP contribution < -0.4 is 16.0 Å². The van der Waals surface area contributed by atoms with Crippen molar-refractivity contribution in [2.45, 2.75) is 6.92 Å². The molecule has 2 aromatic rings. The fourth-order valence-electron chi connectivity index (χ4n) is 1.74. The normalized spacial score (nSPS) is 10.3. The van der Waals surface area contributed by atoms with E-state index in [0.29, 0.717) is 5.69 Å². The maximum atomic E-state index is 11.9. The summed E-state index contributed by atoms with van der Waals surface area (Å²) < 4.78 is 0. The first-order chi connectivity index (χ1) is 8.97. The summed E-state index contributed by atoms with van der Waals surface area (Å²) in [7, 11) is 3.90. The molecule has 0 aliphatic rings. The molecule has 1 aromatic heterocycles. The number of nitrogen functional groups attached to an aromatic ring is 1. The van der Waals surface area contributed by atoms with Crippen molar-refractivity contribution in [1.29, 1.82) is 0 Å². The lowest BCUT2D eigenvalue weighted by molar-refractivity contribution is 0.101. The van der Waals surface area contributed by atoms with Crippen molar-refractivity contribution < 1.29 is 4.79 Å². The lowest BCUT2D eigenvalue weighted by atomic mass is 10.1. The molecule has 7 heteroatoms. The number of amides is 1. The summed E-state index contributed by atoms with van der Waals surface area (Å²) in [5.41, 5.74) is 8.21. The zero-order chi connectivity index (χ0) is 14.0. The van der Waals surface area contributed by atoms with Crippen molar-refractivity contribution in [1.82, 2.24) is 15.2 Å². The minimum Gasteiger partial charge on any atom is -0.377 e. The zero-order valence-corrected chi connectivity index (χ0v) is 11.1. The van der Waals surface area contributed by atoms with Crippen molar-refractivity contribution in [2.24, 2.45) is 0 Å². The van der Waals surface area contributed by atoms with E-state index in [2.05, 4.69) is 20.5 Å². The summed E-state index contributed by atoms with van der Waals surface area (Å²) in [6, 6.07) is 5.67. The van der Waals surface area contributed by atoms with E-state index in [1.54, 1.807) is 0 Å². The van der Waals surface area contributed by atoms with Crippen LogP contribution >= 0.6 is 0 Å². The monoisotopic (exact) mass is 260 g/mol. The Hall–Kier alpha value is -2.57. The van der Waals surface area contributed by atoms with Gasteiger partial charge in [0.05, 0.1) is 0 Å². The molecular formula is C12H16N6O. The zero-order valence-electron chi connectivity index (χ0n) is 11.1. The van der Waals surface area contributed by atoms with Crippen LogP contribution in [-0.4, -0.2) is 35.2 Å². The molecule has 0 spiro atoms. The SMILES string of the molecule is Cc1ccc(NC(=O)c2nc(N)n[nH]2)cc1N(C)C. The van der Waals surface area contributed by atoms with E-state index in [1.807, 2.05) is 44.1 Å². The Kier molecular flexibility index (Phi) is 3.37. The minimum absolute atomic E-state index is 0.0445. The largest absolute Gasteiger partial charge is 0.377 e. The second-order valence-electron chi connectivity index (χ2n) is 4.39. The number of aryl methyl sites for hydroxylation is 1. The van der Waals surface area contributed by atoms with E-state index >= 15 is 0 Å². The maximum Gasteiger partial charge on any atom is 0.293 e. The number of nitrogens with zero attached hydrogens (tertiary/aromatic N) is 3. The summed E-state index contributed by atoms with van der Waals surface area (Å²) in [6.45, 7) is 2.01. The Balaban J connectivity index is 2.20. The number of rotatable bonds is 3. The van der Waals surface area contributed by atoms with Gasteiger partial charge in [-0.25, -0.2) is 0 Å². The van der Waals surface area contributed by atoms with E-state index in [9.17, 15) is 4.79 Å². The molecule has 0 atom stereocenters. The molecule has 0 aliphatic heterocycles. The molecule has 19 heavy (non-hydrogen) atoms. The Labute approximate surface area is 110 Å². The molecule has 0 bridgehead atoms. The predicted molar refractivity (Wildman–Crippen MR) is 74.3 cm³/mol. The van der Waals surface area contributed by atoms with Gasteiger partial charge in [0.2, 0.25) is 11.8 Å². The molecule has 2 rings (SSSR count). The molecule has 4 N–H and O–H groups in total. The first-order valence-electron chi connectivity index (χ1n) is 5.74. The number of carbonyl (C=O) groups excluding carboxylic acids is 1. The van der Waals surface area contributed by atoms with Crippen LogP contribution in [0.5, 0.6) is 0 Å². The highest BCUT2D eigenvalue weighted by Gasteiger charge is 2.11. The highest BCUT2D eigenvalue weighted by molar-refractivity contribution is 6.01. The van der Waals surface area contributed by atoms with Crippen LogP contribution in [0.3, 0.4) is 0 Å². The van der Waals surface area contributed by atoms with Crippen molar-refractivity contribution in [2.75, 3.05) is 30.0 Å². The molecule has 1 amide bonds. The van der Waals surface area contributed by atoms with E-state index in [1.165, 1.54) is 0 Å². The van der Waals surface area contributed by atoms with Crippen LogP contribution in [0.25, 0.3) is 0 Å². The number of benzene rings is 1. The van der Waals surface area contributed by atoms with Gasteiger partial charge in [-0.1, -0.05) is 6.07 Å². The molecule has 0 unspecified atom stereocenters. The Bertz CT molecular complexity index is 604. The van der Waals surface area contributed by atoms with Crippen LogP contribution in [0.1, 0.15) is 16.2 Å². The third kappa shape index (κ3) is 2.82. The van der Waals surface area contributed by atoms with Crippen molar-refractivity contribution in [3.8, 4) is 0 Å². The van der Waals surface area contributed by atoms with Gasteiger partial charge in [0.15, 0.2) is 0 Å². The lowest BCUT2D eigenvalue weighted by Crippen LogP contribution is -2.15. The van der Waals surface area contributed by atoms with E-state index in [4.69, 9.17) is 5.73 Å². The number of aromatic amines is 1. The van der Waals surface area contributed by atoms with Gasteiger partial charge in [-0.05, 0) is 24.6 Å². The molecule has 0 fully saturated rings. The van der Waals surface area contributed by atoms with Gasteiger partial charge in [-0.2, -0.15) is 4.98 Å². The van der Waals surface area contributed by atoms with E-state index in [-0.39, 0.29) is 17.7 Å². The third-order valence-electron chi connectivity index (χ3n) is 2.67. The first-order valence-corrected chi connectivity index (χ1v) is 5.74. The third-order valence-corrected chi connectivity index (χ3v) is 2.67. The van der Waals surface area contributed by atoms with Gasteiger partial charge in [0.1, 0.15) is 0 Å². The van der Waals surface area contributed by atoms with Crippen LogP contribution in [0.15, 0.2) is 18.2 Å². The standard InChI is InChI=1S/C12H16N6O/c1-7-4-5-8(6-9(7)18(2)3)14-11(19)10-15-12(13)17-16-10/h4-6H,1-3H3,(H,14,19)(H3,13,15,16,17). The summed E-state index contributed by atoms with van der Waals surface area (Å²) >= 11 is 0. The number of aromatic nitrogens is 3. The average Bonchev–Trinajstić information content (AvgIpc) is 2.78. The summed E-state index contributed by atoms with van der Waals surface area (Å²) in [5.74, 6) is -0.245. The second-order valence-corrected chi connectivity index (χ2v) is 4.39. The van der Waals surface area contributed by atoms with Crippen LogP contribution in [0.2, 0.25) is 0 Å². The summed E-state index contributed by atoms with van der Waals surface area (Å²) in [5, 5.41) is 8.82. The van der Waals surface area contributed by atoms with Gasteiger partial charge in [0, 0.05) is 25.5 Å². The van der Waals surface area contributed by atoms with Gasteiger partial charge >= 0.3 is 0 Å². The van der Waals surface area contributed by atoms with Gasteiger partial charge in [0.25, 0.3) is 5.91 Å². The summed E-state index contributed by atoms with van der Waals surface area (Å²) in [6.07, 6.45) is 0. The molecule has 0 aliphatic carbocycles. The topological polar surface area (TPSA) is 99.9 Å². The molecule has 0 saturated heterocycles. The number of hydrogen-bond acceptors (Lipinski definition) is 5. The lowest BCUT2D eigenvalue weighted by Gasteiger charge is -2.16. The number of nitrogens with one attached hydrogen (secondary N) is 2. The molecule has 7 nitrogen and oxygen atoms in total. The fourth-order valence-corrected chi connectivity index (χ4v) is 1.74. The van der Waals surface area contributed by atoms with Crippen molar-refractivity contribution in [3.63, 3.8) is 0 Å². The Morgan fingerprint density at radius 3 is 2.74 bits per heavy atom. The molecule has 100 valence electrons. The van der Waals surface area contributed by atoms with Crippen LogP contribution in [-0.2, 0) is 0 Å². The number of anilines is 3. The maximum absolute atomic E-state index is 11.9. The Morgan fingerprint density at radius 2 is 2.16 bits per heavy atom. The second kappa shape index (κ2) is 4.97. The number of H-pyrrole nitrogens is 1. The van der Waals surface area contributed by atoms with Crippen LogP contribution in [0, 0.1) is 6.92 Å². The molecule has 0 radical (unpaired) electrons. The van der Waals surface area contributed by atoms with Gasteiger partial charge in [-0.15, -0.1) is 5.10 Å². The van der Waals surface area contributed by atoms with Gasteiger partial charge < -0.3 is 16.0 Å².